The molecule has 1 unspecified atom stereocenters. The Hall–Kier alpha value is -10.5. The lowest BCUT2D eigenvalue weighted by atomic mass is 9.89. The highest BCUT2D eigenvalue weighted by atomic mass is 15.2. The lowest BCUT2D eigenvalue weighted by Crippen LogP contribution is -2.22. The van der Waals surface area contributed by atoms with Crippen LogP contribution in [-0.2, 0) is 0 Å². The Morgan fingerprint density at radius 3 is 1.63 bits per heavy atom. The molecule has 1 aliphatic heterocycles. The van der Waals surface area contributed by atoms with Gasteiger partial charge >= 0.3 is 0 Å². The molecule has 4 aliphatic rings. The average Bonchev–Trinajstić information content (AvgIpc) is 1.76. The molecule has 7 aromatic carbocycles. The number of anilines is 1. The number of hydrogen-bond donors (Lipinski definition) is 2. The molecule has 0 bridgehead atoms. The van der Waals surface area contributed by atoms with E-state index >= 15 is 0 Å². The van der Waals surface area contributed by atoms with Gasteiger partial charge in [-0.1, -0.05) is 192 Å². The third kappa shape index (κ3) is 12.2. The fraction of sp³-hybridized carbons (Fsp3) is 0.125. The zero-order valence-electron chi connectivity index (χ0n) is 50.4. The summed E-state index contributed by atoms with van der Waals surface area (Å²) in [4.78, 5) is 10.4. The van der Waals surface area contributed by atoms with Crippen molar-refractivity contribution < 1.29 is 0 Å². The fourth-order valence-electron chi connectivity index (χ4n) is 12.3. The Morgan fingerprint density at radius 2 is 1.11 bits per heavy atom. The second kappa shape index (κ2) is 26.6. The van der Waals surface area contributed by atoms with Crippen LogP contribution >= 0.6 is 0 Å². The molecule has 1 atom stereocenters. The standard InChI is InChI=1S/C62H47N3.C16H22N4.C2H6/c1-2-63-57-33-27-49(64-59-29-23-45(41-15-7-3-8-16-41)35-51(59)52-36-46(24-30-60(52)64)42-17-9-4-10-18-42)39-55(57)56-40-50(28-34-58(56)63)65-61-31-25-47(43-19-11-5-12-20-43)37-53(61)54-38-48(26-32-62(54)65)44-21-13-6-14-22-44;1-6-8-10-12-13(3)18-15(5)20-16(17)19-14(4)11-9-7-2;1-2/h2-4,7-11,13,15-39,56H,1,5-6,12,14,40H2;6-12H,2-4H2,1,5H3,(H3,17,18,19,20);1-2H3/b;8-6-,11-9-,12-10-;. The Bertz CT molecular complexity index is 4330. The number of nitrogens with two attached hydrogens (primary N) is 1. The Kier molecular flexibility index (Phi) is 17.8. The van der Waals surface area contributed by atoms with Crippen LogP contribution in [0.5, 0.6) is 0 Å². The monoisotopic (exact) mass is 1130 g/mol. The molecule has 0 spiro atoms. The van der Waals surface area contributed by atoms with Gasteiger partial charge in [0, 0.05) is 68.5 Å². The predicted molar refractivity (Wildman–Crippen MR) is 377 cm³/mol. The van der Waals surface area contributed by atoms with Gasteiger partial charge in [-0.15, -0.1) is 0 Å². The van der Waals surface area contributed by atoms with E-state index < -0.39 is 0 Å². The second-order valence-corrected chi connectivity index (χ2v) is 21.7. The van der Waals surface area contributed by atoms with Gasteiger partial charge in [0.15, 0.2) is 0 Å². The summed E-state index contributed by atoms with van der Waals surface area (Å²) in [5.74, 6) is 0.882. The molecule has 3 heterocycles. The number of hydrogen-bond acceptors (Lipinski definition) is 2. The zero-order valence-corrected chi connectivity index (χ0v) is 50.4. The van der Waals surface area contributed by atoms with Crippen molar-refractivity contribution in [3.05, 3.63) is 309 Å². The maximum atomic E-state index is 5.69. The van der Waals surface area contributed by atoms with Crippen LogP contribution in [0.2, 0.25) is 0 Å². The zero-order chi connectivity index (χ0) is 60.4. The number of fused-ring (bicyclic) bond motifs is 9. The quantitative estimate of drug-likeness (QED) is 0.0686. The van der Waals surface area contributed by atoms with Crippen LogP contribution in [0, 0.1) is 0 Å². The Labute approximate surface area is 513 Å². The molecule has 3 N–H and O–H groups in total. The summed E-state index contributed by atoms with van der Waals surface area (Å²) >= 11 is 0. The molecule has 0 amide bonds. The van der Waals surface area contributed by atoms with E-state index in [9.17, 15) is 0 Å². The summed E-state index contributed by atoms with van der Waals surface area (Å²) in [6.45, 7) is 23.2. The van der Waals surface area contributed by atoms with Gasteiger partial charge in [0.25, 0.3) is 0 Å². The molecule has 430 valence electrons. The van der Waals surface area contributed by atoms with Gasteiger partial charge in [0.1, 0.15) is 5.84 Å². The number of rotatable bonds is 13. The van der Waals surface area contributed by atoms with E-state index in [1.807, 2.05) is 51.3 Å². The van der Waals surface area contributed by atoms with Gasteiger partial charge in [0.2, 0.25) is 5.96 Å². The molecule has 0 radical (unpaired) electrons. The first-order valence-corrected chi connectivity index (χ1v) is 30.3. The lowest BCUT2D eigenvalue weighted by molar-refractivity contribution is 0.805. The smallest absolute Gasteiger partial charge is 0.222 e. The van der Waals surface area contributed by atoms with Crippen LogP contribution in [0.3, 0.4) is 0 Å². The second-order valence-electron chi connectivity index (χ2n) is 21.7. The molecular formula is C80H75N7. The largest absolute Gasteiger partial charge is 0.368 e. The van der Waals surface area contributed by atoms with Crippen molar-refractivity contribution in [3.63, 3.8) is 0 Å². The Balaban J connectivity index is 0.000000307. The van der Waals surface area contributed by atoms with Crippen LogP contribution in [-0.4, -0.2) is 20.9 Å². The molecule has 0 saturated carbocycles. The summed E-state index contributed by atoms with van der Waals surface area (Å²) in [5.41, 5.74) is 28.2. The SMILES string of the molecule is C=C/C=C\C(=C)N=C(N)/N=C(\C)NC(=C)/C=C\C=C/C.C=CN1C2=CC=C(n3c4ccc(C5=CCCC=C5)cc4c4cc(C5=CCCC=C5)ccc43)CC2c2cc(-n3c4ccc(-c5ccccc5)cc4c4cc(-c5ccccc5)ccc43)ccc21.CC. The van der Waals surface area contributed by atoms with Crippen LogP contribution in [0.4, 0.5) is 5.69 Å². The predicted octanol–water partition coefficient (Wildman–Crippen LogP) is 20.8. The highest BCUT2D eigenvalue weighted by Crippen LogP contribution is 2.51. The van der Waals surface area contributed by atoms with Gasteiger partial charge in [-0.3, -0.25) is 0 Å². The molecular weight excluding hydrogens is 1060 g/mol. The maximum Gasteiger partial charge on any atom is 0.222 e. The highest BCUT2D eigenvalue weighted by molar-refractivity contribution is 6.13. The normalized spacial score (nSPS) is 15.6. The summed E-state index contributed by atoms with van der Waals surface area (Å²) in [6.07, 6.45) is 38.5. The first-order chi connectivity index (χ1) is 42.7. The van der Waals surface area contributed by atoms with Crippen molar-refractivity contribution in [3.8, 4) is 27.9 Å². The van der Waals surface area contributed by atoms with Crippen molar-refractivity contribution in [2.45, 2.75) is 65.7 Å². The first-order valence-electron chi connectivity index (χ1n) is 30.3. The lowest BCUT2D eigenvalue weighted by Gasteiger charge is -2.24. The van der Waals surface area contributed by atoms with Gasteiger partial charge < -0.3 is 25.1 Å². The van der Waals surface area contributed by atoms with Crippen molar-refractivity contribution in [2.75, 3.05) is 4.90 Å². The third-order valence-corrected chi connectivity index (χ3v) is 16.2. The number of nitrogens with one attached hydrogen (secondary N) is 1. The maximum absolute atomic E-state index is 5.69. The summed E-state index contributed by atoms with van der Waals surface area (Å²) in [6, 6.07) is 56.7. The van der Waals surface area contributed by atoms with Gasteiger partial charge in [-0.2, -0.15) is 0 Å². The number of aromatic nitrogens is 2. The average molecular weight is 1130 g/mol. The van der Waals surface area contributed by atoms with Crippen LogP contribution < -0.4 is 16.0 Å². The molecule has 13 rings (SSSR count). The van der Waals surface area contributed by atoms with E-state index in [-0.39, 0.29) is 11.9 Å². The molecule has 9 aromatic rings. The molecule has 0 fully saturated rings. The van der Waals surface area contributed by atoms with Crippen LogP contribution in [0.25, 0.3) is 88.4 Å². The molecule has 0 saturated heterocycles. The molecule has 7 heteroatoms. The van der Waals surface area contributed by atoms with Crippen LogP contribution in [0.15, 0.2) is 302 Å². The topological polar surface area (TPSA) is 75.9 Å². The van der Waals surface area contributed by atoms with Crippen molar-refractivity contribution in [1.82, 2.24) is 14.5 Å². The minimum absolute atomic E-state index is 0.124. The van der Waals surface area contributed by atoms with Crippen molar-refractivity contribution >= 4 is 77.9 Å². The number of amidine groups is 1. The molecule has 2 aromatic heterocycles. The summed E-state index contributed by atoms with van der Waals surface area (Å²) in [7, 11) is 0. The van der Waals surface area contributed by atoms with Gasteiger partial charge in [-0.05, 0) is 181 Å². The van der Waals surface area contributed by atoms with E-state index in [0.29, 0.717) is 17.2 Å². The number of benzene rings is 7. The van der Waals surface area contributed by atoms with Gasteiger partial charge in [0.05, 0.1) is 27.8 Å². The summed E-state index contributed by atoms with van der Waals surface area (Å²) < 4.78 is 5.02. The van der Waals surface area contributed by atoms with E-state index in [1.54, 1.807) is 25.2 Å². The Morgan fingerprint density at radius 1 is 0.575 bits per heavy atom. The molecule has 3 aliphatic carbocycles. The first kappa shape index (κ1) is 58.3. The summed E-state index contributed by atoms with van der Waals surface area (Å²) in [5, 5.41) is 8.10. The van der Waals surface area contributed by atoms with Crippen molar-refractivity contribution in [1.29, 1.82) is 0 Å². The van der Waals surface area contributed by atoms with Gasteiger partial charge in [-0.25, -0.2) is 9.98 Å². The number of aliphatic imine (C=N–C) groups is 2. The van der Waals surface area contributed by atoms with E-state index in [1.165, 1.54) is 116 Å². The number of nitrogens with zero attached hydrogens (tertiary/aromatic N) is 5. The molecule has 7 nitrogen and oxygen atoms in total. The van der Waals surface area contributed by atoms with E-state index in [4.69, 9.17) is 5.73 Å². The minimum atomic E-state index is 0.124. The van der Waals surface area contributed by atoms with E-state index in [0.717, 1.165) is 32.1 Å². The van der Waals surface area contributed by atoms with Crippen molar-refractivity contribution in [2.24, 2.45) is 15.7 Å². The minimum Gasteiger partial charge on any atom is -0.368 e. The fourth-order valence-corrected chi connectivity index (χ4v) is 12.3. The number of guanidine groups is 1. The van der Waals surface area contributed by atoms with Crippen LogP contribution in [0.1, 0.15) is 82.4 Å². The molecule has 87 heavy (non-hydrogen) atoms. The van der Waals surface area contributed by atoms with E-state index in [2.05, 4.69) is 256 Å². The highest BCUT2D eigenvalue weighted by Gasteiger charge is 2.36. The number of allylic oxidation sites excluding steroid dienone is 19. The third-order valence-electron chi connectivity index (χ3n) is 16.2.